The molecule has 1 aliphatic rings. The number of allylic oxidation sites excluding steroid dienone is 1. The van der Waals surface area contributed by atoms with Crippen molar-refractivity contribution in [3.8, 4) is 28.4 Å². The lowest BCUT2D eigenvalue weighted by molar-refractivity contribution is 0.355. The SMILES string of the molecule is COc1ccc(-c2nn(-c3ccccc3)cc2[C@@H]2C=C(c3ccc(C)cc3)Nc3nnnn32)cc1OC. The first-order chi connectivity index (χ1) is 18.1. The fraction of sp³-hybridized carbons (Fsp3) is 0.143. The van der Waals surface area contributed by atoms with Crippen LogP contribution in [0.1, 0.15) is 22.7 Å². The molecule has 3 aromatic carbocycles. The Hall–Kier alpha value is -4.92. The van der Waals surface area contributed by atoms with Crippen molar-refractivity contribution in [2.24, 2.45) is 0 Å². The van der Waals surface area contributed by atoms with Gasteiger partial charge in [-0.3, -0.25) is 0 Å². The summed E-state index contributed by atoms with van der Waals surface area (Å²) in [4.78, 5) is 0. The first-order valence-corrected chi connectivity index (χ1v) is 11.9. The summed E-state index contributed by atoms with van der Waals surface area (Å²) in [6.07, 6.45) is 4.16. The Bertz CT molecular complexity index is 1590. The number of methoxy groups -OCH3 is 2. The van der Waals surface area contributed by atoms with Gasteiger partial charge in [-0.2, -0.15) is 9.78 Å². The summed E-state index contributed by atoms with van der Waals surface area (Å²) >= 11 is 0. The third-order valence-electron chi connectivity index (χ3n) is 6.43. The lowest BCUT2D eigenvalue weighted by atomic mass is 9.98. The molecule has 0 spiro atoms. The summed E-state index contributed by atoms with van der Waals surface area (Å²) in [5, 5.41) is 20.9. The van der Waals surface area contributed by atoms with Gasteiger partial charge in [0, 0.05) is 23.0 Å². The highest BCUT2D eigenvalue weighted by Gasteiger charge is 2.29. The van der Waals surface area contributed by atoms with E-state index in [1.807, 2.05) is 59.4 Å². The van der Waals surface area contributed by atoms with Crippen LogP contribution in [0.3, 0.4) is 0 Å². The molecule has 5 aromatic rings. The zero-order chi connectivity index (χ0) is 25.4. The molecule has 184 valence electrons. The normalized spacial score (nSPS) is 14.5. The summed E-state index contributed by atoms with van der Waals surface area (Å²) < 4.78 is 14.7. The third-order valence-corrected chi connectivity index (χ3v) is 6.43. The molecule has 9 nitrogen and oxygen atoms in total. The number of anilines is 1. The van der Waals surface area contributed by atoms with Crippen LogP contribution in [0.25, 0.3) is 22.6 Å². The van der Waals surface area contributed by atoms with Gasteiger partial charge in [0.15, 0.2) is 11.5 Å². The molecule has 37 heavy (non-hydrogen) atoms. The molecule has 1 aliphatic heterocycles. The van der Waals surface area contributed by atoms with E-state index < -0.39 is 0 Å². The van der Waals surface area contributed by atoms with Gasteiger partial charge in [-0.15, -0.1) is 0 Å². The van der Waals surface area contributed by atoms with E-state index in [1.165, 1.54) is 5.56 Å². The Kier molecular flexibility index (Phi) is 5.65. The van der Waals surface area contributed by atoms with Gasteiger partial charge in [0.25, 0.3) is 0 Å². The molecule has 0 bridgehead atoms. The number of tetrazole rings is 1. The van der Waals surface area contributed by atoms with Crippen molar-refractivity contribution in [2.75, 3.05) is 19.5 Å². The van der Waals surface area contributed by atoms with Crippen LogP contribution in [-0.4, -0.2) is 44.2 Å². The molecular formula is C28H25N7O2. The van der Waals surface area contributed by atoms with Crippen LogP contribution in [-0.2, 0) is 0 Å². The Morgan fingerprint density at radius 1 is 0.865 bits per heavy atom. The number of benzene rings is 3. The molecule has 1 N–H and O–H groups in total. The first-order valence-electron chi connectivity index (χ1n) is 11.9. The van der Waals surface area contributed by atoms with E-state index in [2.05, 4.69) is 58.1 Å². The standard InChI is InChI=1S/C28H25N7O2/c1-18-9-11-19(12-10-18)23-16-24(35-28(29-23)30-32-33-35)22-17-34(21-7-5-4-6-8-21)31-27(22)20-13-14-25(36-2)26(15-20)37-3/h4-17,24H,1-3H3,(H,29,30,33)/t24-/m0/s1. The Balaban J connectivity index is 1.54. The molecule has 0 amide bonds. The van der Waals surface area contributed by atoms with E-state index in [-0.39, 0.29) is 6.04 Å². The zero-order valence-electron chi connectivity index (χ0n) is 20.7. The lowest BCUT2D eigenvalue weighted by Crippen LogP contribution is -2.20. The van der Waals surface area contributed by atoms with Crippen LogP contribution >= 0.6 is 0 Å². The molecule has 1 atom stereocenters. The number of ether oxygens (including phenoxy) is 2. The average molecular weight is 492 g/mol. The predicted octanol–water partition coefficient (Wildman–Crippen LogP) is 4.91. The third kappa shape index (κ3) is 4.10. The fourth-order valence-electron chi connectivity index (χ4n) is 4.50. The number of hydrogen-bond acceptors (Lipinski definition) is 7. The van der Waals surface area contributed by atoms with E-state index in [4.69, 9.17) is 14.6 Å². The maximum Gasteiger partial charge on any atom is 0.248 e. The largest absolute Gasteiger partial charge is 0.493 e. The number of nitrogens with zero attached hydrogens (tertiary/aromatic N) is 6. The molecule has 2 aromatic heterocycles. The van der Waals surface area contributed by atoms with Gasteiger partial charge in [-0.05, 0) is 59.3 Å². The second-order valence-corrected chi connectivity index (χ2v) is 8.75. The van der Waals surface area contributed by atoms with E-state index >= 15 is 0 Å². The summed E-state index contributed by atoms with van der Waals surface area (Å²) in [5.74, 6) is 1.85. The monoisotopic (exact) mass is 491 g/mol. The molecule has 0 aliphatic carbocycles. The second-order valence-electron chi connectivity index (χ2n) is 8.75. The van der Waals surface area contributed by atoms with Gasteiger partial charge in [-0.25, -0.2) is 4.68 Å². The molecule has 6 rings (SSSR count). The van der Waals surface area contributed by atoms with Crippen molar-refractivity contribution >= 4 is 11.6 Å². The number of aromatic nitrogens is 6. The molecule has 0 saturated carbocycles. The Morgan fingerprint density at radius 3 is 2.38 bits per heavy atom. The van der Waals surface area contributed by atoms with Crippen LogP contribution in [0.2, 0.25) is 0 Å². The Labute approximate surface area is 214 Å². The zero-order valence-corrected chi connectivity index (χ0v) is 20.7. The van der Waals surface area contributed by atoms with Crippen molar-refractivity contribution in [2.45, 2.75) is 13.0 Å². The minimum Gasteiger partial charge on any atom is -0.493 e. The number of hydrogen-bond donors (Lipinski definition) is 1. The van der Waals surface area contributed by atoms with Crippen LogP contribution in [0.15, 0.2) is 85.1 Å². The number of para-hydroxylation sites is 1. The van der Waals surface area contributed by atoms with Gasteiger partial charge in [0.2, 0.25) is 5.95 Å². The number of aryl methyl sites for hydroxylation is 1. The summed E-state index contributed by atoms with van der Waals surface area (Å²) in [6.45, 7) is 2.07. The fourth-order valence-corrected chi connectivity index (χ4v) is 4.50. The second kappa shape index (κ2) is 9.27. The predicted molar refractivity (Wildman–Crippen MR) is 141 cm³/mol. The van der Waals surface area contributed by atoms with E-state index in [9.17, 15) is 0 Å². The highest BCUT2D eigenvalue weighted by molar-refractivity contribution is 5.78. The average Bonchev–Trinajstić information content (AvgIpc) is 3.61. The smallest absolute Gasteiger partial charge is 0.248 e. The van der Waals surface area contributed by atoms with Gasteiger partial charge < -0.3 is 14.8 Å². The van der Waals surface area contributed by atoms with Crippen molar-refractivity contribution < 1.29 is 9.47 Å². The summed E-state index contributed by atoms with van der Waals surface area (Å²) in [7, 11) is 3.25. The molecule has 0 unspecified atom stereocenters. The lowest BCUT2D eigenvalue weighted by Gasteiger charge is -2.23. The van der Waals surface area contributed by atoms with Gasteiger partial charge in [0.1, 0.15) is 6.04 Å². The molecule has 0 fully saturated rings. The van der Waals surface area contributed by atoms with E-state index in [0.29, 0.717) is 17.4 Å². The molecule has 3 heterocycles. The summed E-state index contributed by atoms with van der Waals surface area (Å²) in [6, 6.07) is 23.9. The van der Waals surface area contributed by atoms with Gasteiger partial charge in [0.05, 0.1) is 25.6 Å². The van der Waals surface area contributed by atoms with Crippen molar-refractivity contribution in [1.29, 1.82) is 0 Å². The Morgan fingerprint density at radius 2 is 1.62 bits per heavy atom. The number of rotatable bonds is 6. The topological polar surface area (TPSA) is 91.9 Å². The van der Waals surface area contributed by atoms with Crippen LogP contribution in [0.5, 0.6) is 11.5 Å². The summed E-state index contributed by atoms with van der Waals surface area (Å²) in [5.41, 5.74) is 6.74. The number of nitrogens with one attached hydrogen (secondary N) is 1. The van der Waals surface area contributed by atoms with Crippen LogP contribution in [0, 0.1) is 6.92 Å². The van der Waals surface area contributed by atoms with Crippen LogP contribution < -0.4 is 14.8 Å². The van der Waals surface area contributed by atoms with Crippen molar-refractivity contribution in [3.05, 3.63) is 102 Å². The molecule has 0 saturated heterocycles. The van der Waals surface area contributed by atoms with Gasteiger partial charge in [-0.1, -0.05) is 53.1 Å². The minimum atomic E-state index is -0.303. The van der Waals surface area contributed by atoms with E-state index in [1.54, 1.807) is 18.9 Å². The maximum atomic E-state index is 5.58. The number of fused-ring (bicyclic) bond motifs is 1. The van der Waals surface area contributed by atoms with Crippen LogP contribution in [0.4, 0.5) is 5.95 Å². The van der Waals surface area contributed by atoms with E-state index in [0.717, 1.165) is 33.8 Å². The van der Waals surface area contributed by atoms with Crippen molar-refractivity contribution in [1.82, 2.24) is 30.0 Å². The molecular weight excluding hydrogens is 466 g/mol. The quantitative estimate of drug-likeness (QED) is 0.361. The van der Waals surface area contributed by atoms with Crippen molar-refractivity contribution in [3.63, 3.8) is 0 Å². The minimum absolute atomic E-state index is 0.303. The molecule has 9 heteroatoms. The highest BCUT2D eigenvalue weighted by atomic mass is 16.5. The van der Waals surface area contributed by atoms with Gasteiger partial charge >= 0.3 is 0 Å². The first kappa shape index (κ1) is 22.5. The highest BCUT2D eigenvalue weighted by Crippen LogP contribution is 2.39. The molecule has 0 radical (unpaired) electrons. The maximum absolute atomic E-state index is 5.58.